The quantitative estimate of drug-likeness (QED) is 0.776. The van der Waals surface area contributed by atoms with E-state index in [0.29, 0.717) is 5.41 Å². The first-order chi connectivity index (χ1) is 7.63. The van der Waals surface area contributed by atoms with Gasteiger partial charge in [0.05, 0.1) is 0 Å². The minimum Gasteiger partial charge on any atom is -0.480 e. The van der Waals surface area contributed by atoms with E-state index in [-0.39, 0.29) is 0 Å². The molecule has 2 saturated carbocycles. The number of hydrogen-bond acceptors (Lipinski definition) is 2. The van der Waals surface area contributed by atoms with E-state index >= 15 is 0 Å². The van der Waals surface area contributed by atoms with Gasteiger partial charge in [0, 0.05) is 0 Å². The van der Waals surface area contributed by atoms with Crippen LogP contribution in [0, 0.1) is 5.41 Å². The van der Waals surface area contributed by atoms with E-state index in [1.807, 2.05) is 6.92 Å². The van der Waals surface area contributed by atoms with E-state index in [4.69, 9.17) is 0 Å². The SMILES string of the molecule is CCNC1(C(=O)O)CCC2(CCCC2)CC1. The standard InChI is InChI=1S/C13H23NO2/c1-2-14-13(11(15)16)9-7-12(8-10-13)5-3-4-6-12/h14H,2-10H2,1H3,(H,15,16). The number of carboxylic acid groups (broad SMARTS) is 1. The van der Waals surface area contributed by atoms with Crippen molar-refractivity contribution in [1.29, 1.82) is 0 Å². The highest BCUT2D eigenvalue weighted by molar-refractivity contribution is 5.79. The van der Waals surface area contributed by atoms with Crippen molar-refractivity contribution in [3.8, 4) is 0 Å². The van der Waals surface area contributed by atoms with Gasteiger partial charge in [0.2, 0.25) is 0 Å². The summed E-state index contributed by atoms with van der Waals surface area (Å²) in [4.78, 5) is 11.4. The van der Waals surface area contributed by atoms with Crippen molar-refractivity contribution in [1.82, 2.24) is 5.32 Å². The molecule has 0 aromatic carbocycles. The normalized spacial score (nSPS) is 27.1. The summed E-state index contributed by atoms with van der Waals surface area (Å²) in [5, 5.41) is 12.6. The van der Waals surface area contributed by atoms with Crippen molar-refractivity contribution in [2.75, 3.05) is 6.54 Å². The van der Waals surface area contributed by atoms with Gasteiger partial charge in [-0.15, -0.1) is 0 Å². The van der Waals surface area contributed by atoms with E-state index in [2.05, 4.69) is 5.32 Å². The first kappa shape index (κ1) is 11.9. The molecule has 3 heteroatoms. The summed E-state index contributed by atoms with van der Waals surface area (Å²) in [6, 6.07) is 0. The highest BCUT2D eigenvalue weighted by atomic mass is 16.4. The highest BCUT2D eigenvalue weighted by Crippen LogP contribution is 2.51. The molecule has 16 heavy (non-hydrogen) atoms. The molecule has 2 rings (SSSR count). The Morgan fingerprint density at radius 1 is 1.12 bits per heavy atom. The topological polar surface area (TPSA) is 49.3 Å². The lowest BCUT2D eigenvalue weighted by Gasteiger charge is -2.43. The van der Waals surface area contributed by atoms with E-state index in [1.54, 1.807) is 0 Å². The summed E-state index contributed by atoms with van der Waals surface area (Å²) in [5.41, 5.74) is -0.114. The van der Waals surface area contributed by atoms with Gasteiger partial charge in [-0.2, -0.15) is 0 Å². The molecule has 1 spiro atoms. The number of rotatable bonds is 3. The molecule has 0 aliphatic heterocycles. The maximum Gasteiger partial charge on any atom is 0.323 e. The number of carbonyl (C=O) groups is 1. The van der Waals surface area contributed by atoms with Crippen LogP contribution < -0.4 is 5.32 Å². The molecule has 0 atom stereocenters. The maximum atomic E-state index is 11.4. The Balaban J connectivity index is 2.03. The van der Waals surface area contributed by atoms with Crippen LogP contribution in [0.5, 0.6) is 0 Å². The third-order valence-corrected chi connectivity index (χ3v) is 4.75. The molecule has 0 bridgehead atoms. The van der Waals surface area contributed by atoms with Crippen LogP contribution in [0.25, 0.3) is 0 Å². The number of hydrogen-bond donors (Lipinski definition) is 2. The molecule has 2 aliphatic rings. The van der Waals surface area contributed by atoms with Crippen LogP contribution in [0.2, 0.25) is 0 Å². The second kappa shape index (κ2) is 4.36. The van der Waals surface area contributed by atoms with Crippen molar-refractivity contribution >= 4 is 5.97 Å². The fourth-order valence-electron chi connectivity index (χ4n) is 3.64. The first-order valence-electron chi connectivity index (χ1n) is 6.61. The van der Waals surface area contributed by atoms with E-state index in [0.717, 1.165) is 32.2 Å². The first-order valence-corrected chi connectivity index (χ1v) is 6.61. The fraction of sp³-hybridized carbons (Fsp3) is 0.923. The molecule has 3 nitrogen and oxygen atoms in total. The Hall–Kier alpha value is -0.570. The molecule has 2 N–H and O–H groups in total. The van der Waals surface area contributed by atoms with Gasteiger partial charge in [0.15, 0.2) is 0 Å². The van der Waals surface area contributed by atoms with E-state index in [1.165, 1.54) is 25.7 Å². The molecule has 0 heterocycles. The molecule has 0 aromatic heterocycles. The molecular weight excluding hydrogens is 202 g/mol. The summed E-state index contributed by atoms with van der Waals surface area (Å²) >= 11 is 0. The van der Waals surface area contributed by atoms with Crippen LogP contribution in [0.15, 0.2) is 0 Å². The second-order valence-corrected chi connectivity index (χ2v) is 5.62. The average Bonchev–Trinajstić information content (AvgIpc) is 2.71. The molecule has 2 aliphatic carbocycles. The largest absolute Gasteiger partial charge is 0.480 e. The molecular formula is C13H23NO2. The molecule has 0 radical (unpaired) electrons. The van der Waals surface area contributed by atoms with Crippen LogP contribution in [0.1, 0.15) is 58.3 Å². The molecule has 0 unspecified atom stereocenters. The second-order valence-electron chi connectivity index (χ2n) is 5.62. The van der Waals surface area contributed by atoms with Gasteiger partial charge in [-0.1, -0.05) is 19.8 Å². The van der Waals surface area contributed by atoms with Crippen LogP contribution in [0.3, 0.4) is 0 Å². The molecule has 0 aromatic rings. The lowest BCUT2D eigenvalue weighted by molar-refractivity contribution is -0.147. The van der Waals surface area contributed by atoms with Gasteiger partial charge in [0.25, 0.3) is 0 Å². The number of carboxylic acids is 1. The molecule has 2 fully saturated rings. The highest BCUT2D eigenvalue weighted by Gasteiger charge is 2.47. The third kappa shape index (κ3) is 1.97. The zero-order valence-corrected chi connectivity index (χ0v) is 10.2. The lowest BCUT2D eigenvalue weighted by atomic mass is 9.66. The van der Waals surface area contributed by atoms with Crippen LogP contribution in [-0.2, 0) is 4.79 Å². The summed E-state index contributed by atoms with van der Waals surface area (Å²) in [6.45, 7) is 2.74. The Bertz CT molecular complexity index is 259. The van der Waals surface area contributed by atoms with Crippen molar-refractivity contribution in [2.45, 2.75) is 63.8 Å². The molecule has 0 amide bonds. The van der Waals surface area contributed by atoms with Gasteiger partial charge in [0.1, 0.15) is 5.54 Å². The van der Waals surface area contributed by atoms with Crippen molar-refractivity contribution < 1.29 is 9.90 Å². The van der Waals surface area contributed by atoms with Crippen molar-refractivity contribution in [2.24, 2.45) is 5.41 Å². The Kier molecular flexibility index (Phi) is 3.24. The van der Waals surface area contributed by atoms with Gasteiger partial charge >= 0.3 is 5.97 Å². The Morgan fingerprint density at radius 3 is 2.12 bits per heavy atom. The summed E-state index contributed by atoms with van der Waals surface area (Å²) in [6.07, 6.45) is 9.19. The van der Waals surface area contributed by atoms with Gasteiger partial charge in [-0.05, 0) is 50.5 Å². The van der Waals surface area contributed by atoms with Gasteiger partial charge in [-0.25, -0.2) is 0 Å². The predicted molar refractivity (Wildman–Crippen MR) is 63.4 cm³/mol. The van der Waals surface area contributed by atoms with Gasteiger partial charge in [-0.3, -0.25) is 4.79 Å². The van der Waals surface area contributed by atoms with Crippen LogP contribution in [0.4, 0.5) is 0 Å². The molecule has 0 saturated heterocycles. The number of nitrogens with one attached hydrogen (secondary N) is 1. The average molecular weight is 225 g/mol. The Morgan fingerprint density at radius 2 is 1.69 bits per heavy atom. The van der Waals surface area contributed by atoms with E-state index < -0.39 is 11.5 Å². The summed E-state index contributed by atoms with van der Waals surface area (Å²) < 4.78 is 0. The molecule has 92 valence electrons. The van der Waals surface area contributed by atoms with Crippen LogP contribution >= 0.6 is 0 Å². The monoisotopic (exact) mass is 225 g/mol. The van der Waals surface area contributed by atoms with Crippen LogP contribution in [-0.4, -0.2) is 23.2 Å². The lowest BCUT2D eigenvalue weighted by Crippen LogP contribution is -2.55. The van der Waals surface area contributed by atoms with Crippen molar-refractivity contribution in [3.05, 3.63) is 0 Å². The van der Waals surface area contributed by atoms with E-state index in [9.17, 15) is 9.90 Å². The van der Waals surface area contributed by atoms with Crippen molar-refractivity contribution in [3.63, 3.8) is 0 Å². The van der Waals surface area contributed by atoms with Gasteiger partial charge < -0.3 is 10.4 Å². The minimum atomic E-state index is -0.651. The number of aliphatic carboxylic acids is 1. The fourth-order valence-corrected chi connectivity index (χ4v) is 3.64. The third-order valence-electron chi connectivity index (χ3n) is 4.75. The predicted octanol–water partition coefficient (Wildman–Crippen LogP) is 2.55. The smallest absolute Gasteiger partial charge is 0.323 e. The zero-order valence-electron chi connectivity index (χ0n) is 10.2. The minimum absolute atomic E-state index is 0.508. The zero-order chi connectivity index (χ0) is 11.6. The summed E-state index contributed by atoms with van der Waals surface area (Å²) in [5.74, 6) is -0.651. The number of likely N-dealkylation sites (N-methyl/N-ethyl adjacent to an activating group) is 1. The Labute approximate surface area is 97.6 Å². The maximum absolute atomic E-state index is 11.4. The summed E-state index contributed by atoms with van der Waals surface area (Å²) in [7, 11) is 0.